The van der Waals surface area contributed by atoms with Crippen LogP contribution >= 0.6 is 11.3 Å². The number of thiazole rings is 1. The van der Waals surface area contributed by atoms with Crippen LogP contribution in [0.2, 0.25) is 0 Å². The van der Waals surface area contributed by atoms with Crippen LogP contribution in [0.1, 0.15) is 25.8 Å². The van der Waals surface area contributed by atoms with E-state index in [9.17, 15) is 9.59 Å². The molecule has 1 amide bonds. The van der Waals surface area contributed by atoms with Crippen molar-refractivity contribution in [3.8, 4) is 6.07 Å². The number of carbonyl (C=O) groups is 2. The van der Waals surface area contributed by atoms with Gasteiger partial charge in [0.2, 0.25) is 0 Å². The summed E-state index contributed by atoms with van der Waals surface area (Å²) in [6.07, 6.45) is 2.79. The fraction of sp³-hybridized carbons (Fsp3) is 0.333. The Kier molecular flexibility index (Phi) is 5.88. The van der Waals surface area contributed by atoms with E-state index in [1.165, 1.54) is 17.4 Å². The molecule has 0 radical (unpaired) electrons. The summed E-state index contributed by atoms with van der Waals surface area (Å²) in [7, 11) is 0. The third-order valence-electron chi connectivity index (χ3n) is 3.80. The van der Waals surface area contributed by atoms with Gasteiger partial charge in [0, 0.05) is 6.08 Å². The second-order valence-corrected chi connectivity index (χ2v) is 7.04. The minimum Gasteiger partial charge on any atom is -0.452 e. The van der Waals surface area contributed by atoms with Crippen molar-refractivity contribution in [2.45, 2.75) is 26.3 Å². The number of aromatic nitrogens is 1. The van der Waals surface area contributed by atoms with E-state index in [1.807, 2.05) is 38.1 Å². The van der Waals surface area contributed by atoms with E-state index in [-0.39, 0.29) is 5.92 Å². The highest BCUT2D eigenvalue weighted by Gasteiger charge is 2.30. The second kappa shape index (κ2) is 7.90. The summed E-state index contributed by atoms with van der Waals surface area (Å²) in [4.78, 5) is 27.9. The Bertz CT molecular complexity index is 818. The molecule has 0 aliphatic heterocycles. The molecule has 0 fully saturated rings. The molecule has 1 aromatic carbocycles. The third-order valence-corrected chi connectivity index (χ3v) is 4.81. The maximum atomic E-state index is 11.8. The van der Waals surface area contributed by atoms with Crippen LogP contribution in [0.15, 0.2) is 30.3 Å². The minimum atomic E-state index is -1.000. The molecule has 0 aliphatic rings. The van der Waals surface area contributed by atoms with Gasteiger partial charge in [0.1, 0.15) is 10.5 Å². The lowest BCUT2D eigenvalue weighted by molar-refractivity contribution is -0.144. The SMILES string of the molecule is CC(C)[C@](C)(C#N)NC(=O)COC(=O)/C=C/c1nc2ccccc2s1. The van der Waals surface area contributed by atoms with Crippen LogP contribution < -0.4 is 5.32 Å². The number of nitrogens with zero attached hydrogens (tertiary/aromatic N) is 2. The fourth-order valence-corrected chi connectivity index (χ4v) is 2.78. The van der Waals surface area contributed by atoms with Crippen molar-refractivity contribution < 1.29 is 14.3 Å². The number of para-hydroxylation sites is 1. The van der Waals surface area contributed by atoms with Gasteiger partial charge in [-0.1, -0.05) is 26.0 Å². The van der Waals surface area contributed by atoms with Crippen molar-refractivity contribution in [1.29, 1.82) is 5.26 Å². The second-order valence-electron chi connectivity index (χ2n) is 5.98. The molecule has 2 aromatic rings. The predicted molar refractivity (Wildman–Crippen MR) is 96.6 cm³/mol. The van der Waals surface area contributed by atoms with Crippen molar-refractivity contribution in [2.75, 3.05) is 6.61 Å². The van der Waals surface area contributed by atoms with Crippen LogP contribution in [0.25, 0.3) is 16.3 Å². The van der Waals surface area contributed by atoms with Crippen molar-refractivity contribution in [3.05, 3.63) is 35.3 Å². The van der Waals surface area contributed by atoms with Crippen LogP contribution in [0, 0.1) is 17.2 Å². The molecule has 0 saturated heterocycles. The number of ether oxygens (including phenoxy) is 1. The number of amides is 1. The van der Waals surface area contributed by atoms with E-state index in [0.29, 0.717) is 5.01 Å². The van der Waals surface area contributed by atoms with Crippen LogP contribution in [-0.2, 0) is 14.3 Å². The van der Waals surface area contributed by atoms with Gasteiger partial charge in [0.05, 0.1) is 16.3 Å². The fourth-order valence-electron chi connectivity index (χ4n) is 1.91. The van der Waals surface area contributed by atoms with Gasteiger partial charge in [0.25, 0.3) is 5.91 Å². The first-order valence-corrected chi connectivity index (χ1v) is 8.58. The zero-order valence-electron chi connectivity index (χ0n) is 14.3. The van der Waals surface area contributed by atoms with Gasteiger partial charge in [-0.3, -0.25) is 4.79 Å². The Morgan fingerprint density at radius 3 is 2.80 bits per heavy atom. The number of carbonyl (C=O) groups excluding carboxylic acids is 2. The predicted octanol–water partition coefficient (Wildman–Crippen LogP) is 2.91. The monoisotopic (exact) mass is 357 g/mol. The average molecular weight is 357 g/mol. The van der Waals surface area contributed by atoms with E-state index < -0.39 is 24.0 Å². The van der Waals surface area contributed by atoms with Gasteiger partial charge in [-0.25, -0.2) is 9.78 Å². The Hall–Kier alpha value is -2.72. The van der Waals surface area contributed by atoms with Crippen LogP contribution in [0.3, 0.4) is 0 Å². The molecule has 2 rings (SSSR count). The molecule has 0 spiro atoms. The van der Waals surface area contributed by atoms with E-state index in [0.717, 1.165) is 10.2 Å². The Labute approximate surface area is 150 Å². The molecule has 1 atom stereocenters. The average Bonchev–Trinajstić information content (AvgIpc) is 3.00. The molecule has 0 aliphatic carbocycles. The summed E-state index contributed by atoms with van der Waals surface area (Å²) >= 11 is 1.46. The summed E-state index contributed by atoms with van der Waals surface area (Å²) in [5, 5.41) is 12.4. The smallest absolute Gasteiger partial charge is 0.331 e. The van der Waals surface area contributed by atoms with Crippen LogP contribution in [0.5, 0.6) is 0 Å². The molecule has 130 valence electrons. The molecule has 1 N–H and O–H groups in total. The number of hydrogen-bond acceptors (Lipinski definition) is 6. The van der Waals surface area contributed by atoms with Gasteiger partial charge in [-0.05, 0) is 31.1 Å². The van der Waals surface area contributed by atoms with E-state index in [4.69, 9.17) is 10.00 Å². The first-order valence-electron chi connectivity index (χ1n) is 7.77. The first-order chi connectivity index (χ1) is 11.8. The van der Waals surface area contributed by atoms with E-state index in [1.54, 1.807) is 13.0 Å². The zero-order chi connectivity index (χ0) is 18.4. The molecule has 25 heavy (non-hydrogen) atoms. The largest absolute Gasteiger partial charge is 0.452 e. The maximum absolute atomic E-state index is 11.8. The summed E-state index contributed by atoms with van der Waals surface area (Å²) in [6.45, 7) is 4.85. The number of benzene rings is 1. The summed E-state index contributed by atoms with van der Waals surface area (Å²) in [6, 6.07) is 9.73. The van der Waals surface area contributed by atoms with Crippen molar-refractivity contribution in [2.24, 2.45) is 5.92 Å². The molecular formula is C18H19N3O3S. The Balaban J connectivity index is 1.88. The highest BCUT2D eigenvalue weighted by Crippen LogP contribution is 2.22. The lowest BCUT2D eigenvalue weighted by Gasteiger charge is -2.27. The van der Waals surface area contributed by atoms with Gasteiger partial charge < -0.3 is 10.1 Å². The highest BCUT2D eigenvalue weighted by molar-refractivity contribution is 7.19. The Morgan fingerprint density at radius 2 is 2.16 bits per heavy atom. The molecule has 7 heteroatoms. The molecule has 1 heterocycles. The highest BCUT2D eigenvalue weighted by atomic mass is 32.1. The summed E-state index contributed by atoms with van der Waals surface area (Å²) in [5.41, 5.74) is -0.135. The van der Waals surface area contributed by atoms with Crippen molar-refractivity contribution in [1.82, 2.24) is 10.3 Å². The number of fused-ring (bicyclic) bond motifs is 1. The van der Waals surface area contributed by atoms with Gasteiger partial charge in [-0.15, -0.1) is 11.3 Å². The molecule has 0 saturated carbocycles. The number of rotatable bonds is 6. The van der Waals surface area contributed by atoms with Crippen LogP contribution in [0.4, 0.5) is 0 Å². The number of nitrogens with one attached hydrogen (secondary N) is 1. The Morgan fingerprint density at radius 1 is 1.44 bits per heavy atom. The zero-order valence-corrected chi connectivity index (χ0v) is 15.1. The third kappa shape index (κ3) is 4.88. The standard InChI is InChI=1S/C18H19N3O3S/c1-12(2)18(3,11-19)21-15(22)10-24-17(23)9-8-16-20-13-6-4-5-7-14(13)25-16/h4-9,12H,10H2,1-3H3,(H,21,22)/b9-8+/t18-/m0/s1. The van der Waals surface area contributed by atoms with E-state index in [2.05, 4.69) is 16.4 Å². The number of esters is 1. The lowest BCUT2D eigenvalue weighted by Crippen LogP contribution is -2.50. The van der Waals surface area contributed by atoms with Gasteiger partial charge in [-0.2, -0.15) is 5.26 Å². The minimum absolute atomic E-state index is 0.0731. The maximum Gasteiger partial charge on any atom is 0.331 e. The van der Waals surface area contributed by atoms with Crippen molar-refractivity contribution >= 4 is 39.5 Å². The quantitative estimate of drug-likeness (QED) is 0.634. The van der Waals surface area contributed by atoms with E-state index >= 15 is 0 Å². The molecule has 1 aromatic heterocycles. The molecule has 6 nitrogen and oxygen atoms in total. The van der Waals surface area contributed by atoms with Crippen molar-refractivity contribution in [3.63, 3.8) is 0 Å². The number of hydrogen-bond donors (Lipinski definition) is 1. The number of nitriles is 1. The lowest BCUT2D eigenvalue weighted by atomic mass is 9.90. The van der Waals surface area contributed by atoms with Crippen LogP contribution in [-0.4, -0.2) is 29.0 Å². The van der Waals surface area contributed by atoms with Gasteiger partial charge in [0.15, 0.2) is 6.61 Å². The molecular weight excluding hydrogens is 338 g/mol. The summed E-state index contributed by atoms with van der Waals surface area (Å²) in [5.74, 6) is -1.23. The molecule has 0 bridgehead atoms. The topological polar surface area (TPSA) is 92.1 Å². The summed E-state index contributed by atoms with van der Waals surface area (Å²) < 4.78 is 5.93. The molecule has 0 unspecified atom stereocenters. The normalized spacial score (nSPS) is 13.6. The van der Waals surface area contributed by atoms with Gasteiger partial charge >= 0.3 is 5.97 Å². The first kappa shape index (κ1) is 18.6.